The molecule has 3 atom stereocenters. The monoisotopic (exact) mass is 252 g/mol. The van der Waals surface area contributed by atoms with Crippen molar-refractivity contribution < 1.29 is 4.79 Å². The molecule has 2 rings (SSSR count). The van der Waals surface area contributed by atoms with Crippen LogP contribution in [0.3, 0.4) is 0 Å². The smallest absolute Gasteiger partial charge is 0.238 e. The third-order valence-electron chi connectivity index (χ3n) is 5.14. The van der Waals surface area contributed by atoms with Gasteiger partial charge in [0.25, 0.3) is 0 Å². The van der Waals surface area contributed by atoms with Crippen LogP contribution in [0.15, 0.2) is 0 Å². The van der Waals surface area contributed by atoms with E-state index in [-0.39, 0.29) is 5.91 Å². The topological polar surface area (TPSA) is 55.1 Å². The van der Waals surface area contributed by atoms with Crippen molar-refractivity contribution >= 4 is 5.91 Å². The molecule has 0 bridgehead atoms. The van der Waals surface area contributed by atoms with E-state index in [1.54, 1.807) is 0 Å². The quantitative estimate of drug-likeness (QED) is 0.811. The van der Waals surface area contributed by atoms with Crippen molar-refractivity contribution in [3.8, 4) is 0 Å². The summed E-state index contributed by atoms with van der Waals surface area (Å²) in [5.41, 5.74) is 5.32. The summed E-state index contributed by atoms with van der Waals surface area (Å²) in [4.78, 5) is 12.0. The lowest BCUT2D eigenvalue weighted by Crippen LogP contribution is -2.64. The van der Waals surface area contributed by atoms with E-state index in [1.807, 2.05) is 0 Å². The van der Waals surface area contributed by atoms with Crippen LogP contribution in [-0.2, 0) is 4.79 Å². The van der Waals surface area contributed by atoms with Crippen molar-refractivity contribution in [2.45, 2.75) is 76.8 Å². The second-order valence-electron chi connectivity index (χ2n) is 6.60. The normalized spacial score (nSPS) is 38.6. The van der Waals surface area contributed by atoms with Crippen molar-refractivity contribution in [1.29, 1.82) is 0 Å². The molecule has 0 aliphatic heterocycles. The van der Waals surface area contributed by atoms with E-state index in [1.165, 1.54) is 32.1 Å². The number of hydrogen-bond donors (Lipinski definition) is 2. The van der Waals surface area contributed by atoms with E-state index in [0.29, 0.717) is 12.0 Å². The maximum Gasteiger partial charge on any atom is 0.238 e. The van der Waals surface area contributed by atoms with Crippen LogP contribution in [-0.4, -0.2) is 17.5 Å². The highest BCUT2D eigenvalue weighted by Gasteiger charge is 2.46. The lowest BCUT2D eigenvalue weighted by molar-refractivity contribution is -0.129. The van der Waals surface area contributed by atoms with Crippen LogP contribution in [0.1, 0.15) is 65.2 Å². The number of amides is 1. The first-order valence-corrected chi connectivity index (χ1v) is 7.62. The Balaban J connectivity index is 2.08. The predicted molar refractivity (Wildman–Crippen MR) is 74.1 cm³/mol. The number of hydrogen-bond acceptors (Lipinski definition) is 2. The highest BCUT2D eigenvalue weighted by Crippen LogP contribution is 2.38. The Hall–Kier alpha value is -0.570. The van der Waals surface area contributed by atoms with Crippen LogP contribution in [0.25, 0.3) is 0 Å². The SMILES string of the molecule is CC1CCC(NC2CCCCC2)(C(N)=O)C(C)C1. The summed E-state index contributed by atoms with van der Waals surface area (Å²) in [6.07, 6.45) is 9.48. The van der Waals surface area contributed by atoms with Crippen molar-refractivity contribution in [3.05, 3.63) is 0 Å². The van der Waals surface area contributed by atoms with Gasteiger partial charge in [0.15, 0.2) is 0 Å². The summed E-state index contributed by atoms with van der Waals surface area (Å²) in [5.74, 6) is 0.953. The fourth-order valence-electron chi connectivity index (χ4n) is 3.91. The standard InChI is InChI=1S/C15H28N2O/c1-11-8-9-15(14(16)18,12(2)10-11)17-13-6-4-3-5-7-13/h11-13,17H,3-10H2,1-2H3,(H2,16,18). The average Bonchev–Trinajstić information content (AvgIpc) is 2.34. The van der Waals surface area contributed by atoms with E-state index in [4.69, 9.17) is 5.73 Å². The number of rotatable bonds is 3. The molecule has 0 heterocycles. The Labute approximate surface area is 111 Å². The van der Waals surface area contributed by atoms with Gasteiger partial charge in [-0.25, -0.2) is 0 Å². The minimum Gasteiger partial charge on any atom is -0.368 e. The zero-order valence-electron chi connectivity index (χ0n) is 11.9. The molecule has 3 heteroatoms. The van der Waals surface area contributed by atoms with Crippen LogP contribution in [0.5, 0.6) is 0 Å². The summed E-state index contributed by atoms with van der Waals surface area (Å²) in [7, 11) is 0. The maximum absolute atomic E-state index is 12.0. The van der Waals surface area contributed by atoms with Crippen molar-refractivity contribution in [1.82, 2.24) is 5.32 Å². The molecule has 0 aromatic rings. The van der Waals surface area contributed by atoms with E-state index in [2.05, 4.69) is 19.2 Å². The Kier molecular flexibility index (Phi) is 4.31. The maximum atomic E-state index is 12.0. The molecule has 3 unspecified atom stereocenters. The first-order chi connectivity index (χ1) is 8.54. The number of carbonyl (C=O) groups is 1. The first kappa shape index (κ1) is 13.9. The summed E-state index contributed by atoms with van der Waals surface area (Å²) in [6, 6.07) is 0.502. The number of nitrogens with two attached hydrogens (primary N) is 1. The summed E-state index contributed by atoms with van der Waals surface area (Å²) >= 11 is 0. The molecule has 2 saturated carbocycles. The number of nitrogens with one attached hydrogen (secondary N) is 1. The molecule has 0 aromatic carbocycles. The van der Waals surface area contributed by atoms with Crippen LogP contribution < -0.4 is 11.1 Å². The summed E-state index contributed by atoms with van der Waals surface area (Å²) in [6.45, 7) is 4.47. The molecular weight excluding hydrogens is 224 g/mol. The second-order valence-corrected chi connectivity index (χ2v) is 6.60. The Morgan fingerprint density at radius 1 is 1.17 bits per heavy atom. The molecule has 3 nitrogen and oxygen atoms in total. The molecule has 2 aliphatic rings. The molecule has 0 saturated heterocycles. The zero-order valence-corrected chi connectivity index (χ0v) is 11.9. The van der Waals surface area contributed by atoms with Gasteiger partial charge in [-0.15, -0.1) is 0 Å². The molecule has 3 N–H and O–H groups in total. The van der Waals surface area contributed by atoms with E-state index in [0.717, 1.165) is 25.2 Å². The fraction of sp³-hybridized carbons (Fsp3) is 0.933. The van der Waals surface area contributed by atoms with Crippen LogP contribution >= 0.6 is 0 Å². The van der Waals surface area contributed by atoms with E-state index >= 15 is 0 Å². The minimum atomic E-state index is -0.436. The van der Waals surface area contributed by atoms with Crippen LogP contribution in [0, 0.1) is 11.8 Å². The zero-order chi connectivity index (χ0) is 13.2. The van der Waals surface area contributed by atoms with Gasteiger partial charge in [0.05, 0.1) is 0 Å². The molecular formula is C15H28N2O. The lowest BCUT2D eigenvalue weighted by atomic mass is 9.69. The number of primary amides is 1. The van der Waals surface area contributed by atoms with Gasteiger partial charge in [-0.2, -0.15) is 0 Å². The Morgan fingerprint density at radius 2 is 1.83 bits per heavy atom. The largest absolute Gasteiger partial charge is 0.368 e. The molecule has 2 fully saturated rings. The molecule has 1 amide bonds. The van der Waals surface area contributed by atoms with Crippen molar-refractivity contribution in [2.24, 2.45) is 17.6 Å². The van der Waals surface area contributed by atoms with E-state index in [9.17, 15) is 4.79 Å². The fourth-order valence-corrected chi connectivity index (χ4v) is 3.91. The Bertz CT molecular complexity index is 299. The van der Waals surface area contributed by atoms with Gasteiger partial charge >= 0.3 is 0 Å². The minimum absolute atomic E-state index is 0.132. The number of carbonyl (C=O) groups excluding carboxylic acids is 1. The van der Waals surface area contributed by atoms with Crippen molar-refractivity contribution in [2.75, 3.05) is 0 Å². The second kappa shape index (κ2) is 5.60. The third-order valence-corrected chi connectivity index (χ3v) is 5.14. The van der Waals surface area contributed by atoms with Crippen LogP contribution in [0.4, 0.5) is 0 Å². The van der Waals surface area contributed by atoms with Gasteiger partial charge in [0.2, 0.25) is 5.91 Å². The van der Waals surface area contributed by atoms with Gasteiger partial charge in [-0.05, 0) is 43.9 Å². The Morgan fingerprint density at radius 3 is 2.39 bits per heavy atom. The van der Waals surface area contributed by atoms with Crippen LogP contribution in [0.2, 0.25) is 0 Å². The van der Waals surface area contributed by atoms with Gasteiger partial charge < -0.3 is 11.1 Å². The lowest BCUT2D eigenvalue weighted by Gasteiger charge is -2.45. The summed E-state index contributed by atoms with van der Waals surface area (Å²) in [5, 5.41) is 3.67. The molecule has 18 heavy (non-hydrogen) atoms. The highest BCUT2D eigenvalue weighted by molar-refractivity contribution is 5.85. The average molecular weight is 252 g/mol. The third kappa shape index (κ3) is 2.71. The highest BCUT2D eigenvalue weighted by atomic mass is 16.1. The predicted octanol–water partition coefficient (Wildman–Crippen LogP) is 2.59. The van der Waals surface area contributed by atoms with Gasteiger partial charge in [0.1, 0.15) is 5.54 Å². The van der Waals surface area contributed by atoms with Crippen molar-refractivity contribution in [3.63, 3.8) is 0 Å². The molecule has 0 spiro atoms. The molecule has 0 radical (unpaired) electrons. The molecule has 2 aliphatic carbocycles. The first-order valence-electron chi connectivity index (χ1n) is 7.62. The van der Waals surface area contributed by atoms with Gasteiger partial charge in [0, 0.05) is 6.04 Å². The van der Waals surface area contributed by atoms with Gasteiger partial charge in [-0.1, -0.05) is 33.1 Å². The molecule has 0 aromatic heterocycles. The molecule has 104 valence electrons. The van der Waals surface area contributed by atoms with E-state index < -0.39 is 5.54 Å². The van der Waals surface area contributed by atoms with Gasteiger partial charge in [-0.3, -0.25) is 4.79 Å². The summed E-state index contributed by atoms with van der Waals surface area (Å²) < 4.78 is 0.